The number of benzene rings is 1. The molecule has 1 aromatic carbocycles. The lowest BCUT2D eigenvalue weighted by molar-refractivity contribution is -0.0144. The minimum absolute atomic E-state index is 0.296. The van der Waals surface area contributed by atoms with Crippen LogP contribution in [0.2, 0.25) is 0 Å². The Labute approximate surface area is 141 Å². The molecule has 0 radical (unpaired) electrons. The molecule has 2 N–H and O–H groups in total. The molecule has 0 unspecified atom stereocenters. The van der Waals surface area contributed by atoms with Crippen LogP contribution in [0.25, 0.3) is 0 Å². The topological polar surface area (TPSA) is 89.5 Å². The summed E-state index contributed by atoms with van der Waals surface area (Å²) in [4.78, 5) is 0. The van der Waals surface area contributed by atoms with E-state index in [0.717, 1.165) is 11.1 Å². The monoisotopic (exact) mass is 348 g/mol. The van der Waals surface area contributed by atoms with E-state index < -0.39 is 15.8 Å². The first kappa shape index (κ1) is 15.8. The van der Waals surface area contributed by atoms with Crippen LogP contribution in [0.1, 0.15) is 29.7 Å². The second-order valence-electron chi connectivity index (χ2n) is 6.45. The molecular formula is C16H20N4O3S. The van der Waals surface area contributed by atoms with Gasteiger partial charge in [-0.15, -0.1) is 0 Å². The van der Waals surface area contributed by atoms with Crippen LogP contribution in [-0.4, -0.2) is 45.4 Å². The molecule has 128 valence electrons. The van der Waals surface area contributed by atoms with Crippen LogP contribution >= 0.6 is 0 Å². The van der Waals surface area contributed by atoms with Crippen LogP contribution in [-0.2, 0) is 28.9 Å². The molecule has 7 nitrogen and oxygen atoms in total. The normalized spacial score (nSPS) is 21.7. The van der Waals surface area contributed by atoms with Gasteiger partial charge >= 0.3 is 0 Å². The molecule has 0 atom stereocenters. The Morgan fingerprint density at radius 2 is 1.67 bits per heavy atom. The highest BCUT2D eigenvalue weighted by Crippen LogP contribution is 2.34. The molecule has 0 bridgehead atoms. The Balaban J connectivity index is 1.48. The third kappa shape index (κ3) is 2.55. The summed E-state index contributed by atoms with van der Waals surface area (Å²) in [5.74, 6) is 0. The van der Waals surface area contributed by atoms with Gasteiger partial charge in [0.25, 0.3) is 10.2 Å². The average molecular weight is 348 g/mol. The zero-order valence-corrected chi connectivity index (χ0v) is 14.0. The van der Waals surface area contributed by atoms with Crippen LogP contribution < -0.4 is 0 Å². The zero-order chi connectivity index (χ0) is 16.8. The van der Waals surface area contributed by atoms with E-state index in [4.69, 9.17) is 0 Å². The molecule has 0 aliphatic carbocycles. The molecule has 1 aromatic heterocycles. The van der Waals surface area contributed by atoms with E-state index in [1.807, 2.05) is 24.3 Å². The van der Waals surface area contributed by atoms with Crippen molar-refractivity contribution in [3.05, 3.63) is 53.3 Å². The molecule has 4 rings (SSSR count). The van der Waals surface area contributed by atoms with Crippen molar-refractivity contribution < 1.29 is 13.5 Å². The van der Waals surface area contributed by atoms with Gasteiger partial charge in [-0.25, -0.2) is 0 Å². The predicted molar refractivity (Wildman–Crippen MR) is 87.9 cm³/mol. The van der Waals surface area contributed by atoms with E-state index in [0.29, 0.717) is 44.7 Å². The summed E-state index contributed by atoms with van der Waals surface area (Å²) in [6.45, 7) is 1.43. The van der Waals surface area contributed by atoms with E-state index in [-0.39, 0.29) is 0 Å². The van der Waals surface area contributed by atoms with Crippen LogP contribution in [0.3, 0.4) is 0 Å². The van der Waals surface area contributed by atoms with Crippen molar-refractivity contribution in [3.8, 4) is 0 Å². The number of aromatic nitrogens is 2. The van der Waals surface area contributed by atoms with Crippen molar-refractivity contribution in [3.63, 3.8) is 0 Å². The fourth-order valence-electron chi connectivity index (χ4n) is 3.50. The maximum Gasteiger partial charge on any atom is 0.282 e. The number of hydrogen-bond acceptors (Lipinski definition) is 4. The molecule has 2 aliphatic rings. The van der Waals surface area contributed by atoms with Gasteiger partial charge in [0.05, 0.1) is 5.69 Å². The lowest BCUT2D eigenvalue weighted by Crippen LogP contribution is -2.49. The quantitative estimate of drug-likeness (QED) is 0.864. The lowest BCUT2D eigenvalue weighted by atomic mass is 9.89. The zero-order valence-electron chi connectivity index (χ0n) is 13.2. The van der Waals surface area contributed by atoms with Gasteiger partial charge in [0.2, 0.25) is 0 Å². The number of aliphatic hydroxyl groups is 1. The summed E-state index contributed by atoms with van der Waals surface area (Å²) in [6.07, 6.45) is 2.31. The Kier molecular flexibility index (Phi) is 3.72. The third-order valence-corrected chi connectivity index (χ3v) is 6.94. The fourth-order valence-corrected chi connectivity index (χ4v) is 5.07. The lowest BCUT2D eigenvalue weighted by Gasteiger charge is -2.38. The van der Waals surface area contributed by atoms with Gasteiger partial charge in [-0.05, 0) is 30.0 Å². The van der Waals surface area contributed by atoms with Gasteiger partial charge < -0.3 is 5.11 Å². The Morgan fingerprint density at radius 1 is 1.04 bits per heavy atom. The number of aromatic amines is 1. The summed E-state index contributed by atoms with van der Waals surface area (Å²) in [5, 5.41) is 17.4. The molecule has 2 aliphatic heterocycles. The van der Waals surface area contributed by atoms with Crippen LogP contribution in [0.15, 0.2) is 36.5 Å². The number of H-pyrrole nitrogens is 1. The van der Waals surface area contributed by atoms with Crippen LogP contribution in [0.4, 0.5) is 0 Å². The van der Waals surface area contributed by atoms with E-state index >= 15 is 0 Å². The molecule has 8 heteroatoms. The summed E-state index contributed by atoms with van der Waals surface area (Å²) in [5.41, 5.74) is 1.74. The molecule has 2 aromatic rings. The van der Waals surface area contributed by atoms with Crippen molar-refractivity contribution in [2.24, 2.45) is 0 Å². The molecule has 0 spiro atoms. The molecular weight excluding hydrogens is 328 g/mol. The Hall–Kier alpha value is -1.74. The highest BCUT2D eigenvalue weighted by molar-refractivity contribution is 7.86. The second-order valence-corrected chi connectivity index (χ2v) is 8.37. The summed E-state index contributed by atoms with van der Waals surface area (Å²) < 4.78 is 28.8. The summed E-state index contributed by atoms with van der Waals surface area (Å²) in [6, 6.07) is 9.54. The number of fused-ring (bicyclic) bond motifs is 1. The second kappa shape index (κ2) is 5.66. The summed E-state index contributed by atoms with van der Waals surface area (Å²) >= 11 is 0. The largest absolute Gasteiger partial charge is 0.383 e. The van der Waals surface area contributed by atoms with Crippen molar-refractivity contribution in [2.45, 2.75) is 31.5 Å². The minimum atomic E-state index is -3.52. The standard InChI is InChI=1S/C16H20N4O3S/c21-16(15-5-8-17-18-15)6-9-19(10-7-16)24(22,23)20-11-13-3-1-2-4-14(13)12-20/h1-5,8,21H,6-7,9-12H2,(H,17,18). The summed E-state index contributed by atoms with van der Waals surface area (Å²) in [7, 11) is -3.52. The molecule has 1 fully saturated rings. The third-order valence-electron chi connectivity index (χ3n) is 5.02. The van der Waals surface area contributed by atoms with Gasteiger partial charge in [0.15, 0.2) is 0 Å². The van der Waals surface area contributed by atoms with Crippen molar-refractivity contribution >= 4 is 10.2 Å². The first-order chi connectivity index (χ1) is 11.5. The van der Waals surface area contributed by atoms with Gasteiger partial charge in [-0.3, -0.25) is 5.10 Å². The molecule has 24 heavy (non-hydrogen) atoms. The number of piperidine rings is 1. The van der Waals surface area contributed by atoms with Crippen molar-refractivity contribution in [1.29, 1.82) is 0 Å². The maximum atomic E-state index is 12.9. The SMILES string of the molecule is O=S(=O)(N1CCC(O)(c2ccn[nH]2)CC1)N1Cc2ccccc2C1. The number of nitrogens with zero attached hydrogens (tertiary/aromatic N) is 3. The van der Waals surface area contributed by atoms with E-state index in [9.17, 15) is 13.5 Å². The fraction of sp³-hybridized carbons (Fsp3) is 0.438. The van der Waals surface area contributed by atoms with E-state index in [2.05, 4.69) is 10.2 Å². The van der Waals surface area contributed by atoms with Crippen LogP contribution in [0, 0.1) is 0 Å². The maximum absolute atomic E-state index is 12.9. The van der Waals surface area contributed by atoms with Crippen LogP contribution in [0.5, 0.6) is 0 Å². The highest BCUT2D eigenvalue weighted by atomic mass is 32.2. The van der Waals surface area contributed by atoms with E-state index in [1.165, 1.54) is 8.61 Å². The van der Waals surface area contributed by atoms with Gasteiger partial charge in [-0.2, -0.15) is 22.1 Å². The smallest absolute Gasteiger partial charge is 0.282 e. The predicted octanol–water partition coefficient (Wildman–Crippen LogP) is 0.954. The number of hydrogen-bond donors (Lipinski definition) is 2. The van der Waals surface area contributed by atoms with Crippen molar-refractivity contribution in [1.82, 2.24) is 18.8 Å². The molecule has 1 saturated heterocycles. The first-order valence-corrected chi connectivity index (χ1v) is 9.43. The number of rotatable bonds is 3. The van der Waals surface area contributed by atoms with Crippen molar-refractivity contribution in [2.75, 3.05) is 13.1 Å². The minimum Gasteiger partial charge on any atom is -0.383 e. The van der Waals surface area contributed by atoms with Gasteiger partial charge in [0.1, 0.15) is 5.60 Å². The molecule has 0 amide bonds. The van der Waals surface area contributed by atoms with E-state index in [1.54, 1.807) is 12.3 Å². The number of nitrogens with one attached hydrogen (secondary N) is 1. The average Bonchev–Trinajstić information content (AvgIpc) is 3.25. The van der Waals surface area contributed by atoms with Gasteiger partial charge in [0, 0.05) is 32.4 Å². The van der Waals surface area contributed by atoms with Gasteiger partial charge in [-0.1, -0.05) is 24.3 Å². The molecule has 0 saturated carbocycles. The Bertz CT molecular complexity index is 802. The molecule has 3 heterocycles. The Morgan fingerprint density at radius 3 is 2.21 bits per heavy atom. The highest BCUT2D eigenvalue weighted by Gasteiger charge is 2.41. The first-order valence-electron chi connectivity index (χ1n) is 8.03.